The van der Waals surface area contributed by atoms with Crippen LogP contribution in [0.2, 0.25) is 5.02 Å². The number of thiazole rings is 1. The van der Waals surface area contributed by atoms with Crippen molar-refractivity contribution in [2.45, 2.75) is 26.5 Å². The number of halogens is 1. The van der Waals surface area contributed by atoms with Crippen molar-refractivity contribution in [2.75, 3.05) is 5.32 Å². The summed E-state index contributed by atoms with van der Waals surface area (Å²) in [6.07, 6.45) is 1.92. The second-order valence-corrected chi connectivity index (χ2v) is 5.44. The van der Waals surface area contributed by atoms with E-state index in [1.54, 1.807) is 17.5 Å². The normalized spacial score (nSPS) is 10.7. The van der Waals surface area contributed by atoms with Gasteiger partial charge in [-0.25, -0.2) is 4.98 Å². The van der Waals surface area contributed by atoms with E-state index in [-0.39, 0.29) is 6.10 Å². The third-order valence-corrected chi connectivity index (χ3v) is 3.21. The van der Waals surface area contributed by atoms with E-state index in [2.05, 4.69) is 10.3 Å². The van der Waals surface area contributed by atoms with Crippen molar-refractivity contribution in [3.8, 4) is 5.75 Å². The van der Waals surface area contributed by atoms with Gasteiger partial charge in [-0.3, -0.25) is 0 Å². The molecule has 0 spiro atoms. The molecule has 0 bridgehead atoms. The lowest BCUT2D eigenvalue weighted by Crippen LogP contribution is -2.09. The molecule has 18 heavy (non-hydrogen) atoms. The quantitative estimate of drug-likeness (QED) is 0.893. The highest BCUT2D eigenvalue weighted by atomic mass is 35.5. The molecule has 0 aliphatic rings. The molecule has 1 heterocycles. The zero-order valence-electron chi connectivity index (χ0n) is 10.3. The van der Waals surface area contributed by atoms with E-state index < -0.39 is 0 Å². The number of hydrogen-bond acceptors (Lipinski definition) is 4. The Balaban J connectivity index is 2.11. The number of benzene rings is 1. The van der Waals surface area contributed by atoms with Gasteiger partial charge in [-0.15, -0.1) is 11.3 Å². The van der Waals surface area contributed by atoms with Gasteiger partial charge in [0.25, 0.3) is 0 Å². The molecule has 0 saturated heterocycles. The summed E-state index contributed by atoms with van der Waals surface area (Å²) in [6, 6.07) is 5.66. The maximum absolute atomic E-state index is 6.02. The second-order valence-electron chi connectivity index (χ2n) is 4.11. The Kier molecular flexibility index (Phi) is 4.44. The number of nitrogens with zero attached hydrogens (tertiary/aromatic N) is 1. The fraction of sp³-hybridized carbons (Fsp3) is 0.308. The van der Waals surface area contributed by atoms with E-state index in [9.17, 15) is 0 Å². The van der Waals surface area contributed by atoms with Gasteiger partial charge >= 0.3 is 0 Å². The number of aromatic nitrogens is 1. The lowest BCUT2D eigenvalue weighted by molar-refractivity contribution is 0.240. The summed E-state index contributed by atoms with van der Waals surface area (Å²) in [5, 5.41) is 6.79. The minimum atomic E-state index is 0.143. The molecule has 1 N–H and O–H groups in total. The maximum Gasteiger partial charge on any atom is 0.182 e. The minimum absolute atomic E-state index is 0.143. The smallest absolute Gasteiger partial charge is 0.182 e. The monoisotopic (exact) mass is 282 g/mol. The van der Waals surface area contributed by atoms with Crippen LogP contribution in [0.1, 0.15) is 19.4 Å². The van der Waals surface area contributed by atoms with Gasteiger partial charge in [0.1, 0.15) is 5.75 Å². The van der Waals surface area contributed by atoms with Crippen LogP contribution in [-0.4, -0.2) is 11.1 Å². The zero-order valence-corrected chi connectivity index (χ0v) is 11.9. The fourth-order valence-electron chi connectivity index (χ4n) is 1.54. The van der Waals surface area contributed by atoms with Gasteiger partial charge in [-0.1, -0.05) is 11.6 Å². The third-order valence-electron chi connectivity index (χ3n) is 2.25. The molecule has 2 rings (SSSR count). The first-order valence-corrected chi connectivity index (χ1v) is 6.99. The summed E-state index contributed by atoms with van der Waals surface area (Å²) >= 11 is 7.59. The molecule has 3 nitrogen and oxygen atoms in total. The largest absolute Gasteiger partial charge is 0.491 e. The average molecular weight is 283 g/mol. The van der Waals surface area contributed by atoms with Gasteiger partial charge in [-0.05, 0) is 32.0 Å². The zero-order chi connectivity index (χ0) is 13.0. The second kappa shape index (κ2) is 6.07. The Morgan fingerprint density at radius 2 is 2.28 bits per heavy atom. The van der Waals surface area contributed by atoms with Crippen molar-refractivity contribution in [2.24, 2.45) is 0 Å². The average Bonchev–Trinajstić information content (AvgIpc) is 2.82. The minimum Gasteiger partial charge on any atom is -0.491 e. The van der Waals surface area contributed by atoms with Gasteiger partial charge in [-0.2, -0.15) is 0 Å². The molecule has 0 radical (unpaired) electrons. The number of nitrogens with one attached hydrogen (secondary N) is 1. The van der Waals surface area contributed by atoms with Crippen LogP contribution in [0, 0.1) is 0 Å². The molecule has 0 atom stereocenters. The van der Waals surface area contributed by atoms with E-state index in [4.69, 9.17) is 16.3 Å². The van der Waals surface area contributed by atoms with Crippen molar-refractivity contribution < 1.29 is 4.74 Å². The Labute approximate surface area is 116 Å². The maximum atomic E-state index is 6.02. The molecule has 0 saturated carbocycles. The molecule has 0 fully saturated rings. The highest BCUT2D eigenvalue weighted by Crippen LogP contribution is 2.25. The third kappa shape index (κ3) is 3.62. The molecule has 0 amide bonds. The number of rotatable bonds is 5. The van der Waals surface area contributed by atoms with Crippen LogP contribution < -0.4 is 10.1 Å². The lowest BCUT2D eigenvalue weighted by Gasteiger charge is -2.14. The van der Waals surface area contributed by atoms with Crippen LogP contribution in [0.25, 0.3) is 0 Å². The van der Waals surface area contributed by atoms with Gasteiger partial charge < -0.3 is 10.1 Å². The van der Waals surface area contributed by atoms with E-state index in [1.807, 2.05) is 37.4 Å². The van der Waals surface area contributed by atoms with E-state index in [0.29, 0.717) is 11.6 Å². The van der Waals surface area contributed by atoms with Gasteiger partial charge in [0.2, 0.25) is 0 Å². The number of anilines is 1. The molecule has 96 valence electrons. The van der Waals surface area contributed by atoms with Crippen LogP contribution in [-0.2, 0) is 6.54 Å². The first-order chi connectivity index (χ1) is 8.65. The summed E-state index contributed by atoms with van der Waals surface area (Å²) < 4.78 is 5.75. The standard InChI is InChI=1S/C13H15ClN2OS/c1-9(2)17-12-4-3-11(14)7-10(12)8-16-13-15-5-6-18-13/h3-7,9H,8H2,1-2H3,(H,15,16). The lowest BCUT2D eigenvalue weighted by atomic mass is 10.2. The van der Waals surface area contributed by atoms with Gasteiger partial charge in [0, 0.05) is 28.7 Å². The van der Waals surface area contributed by atoms with E-state index in [1.165, 1.54) is 0 Å². The molecular weight excluding hydrogens is 268 g/mol. The summed E-state index contributed by atoms with van der Waals surface area (Å²) in [5.74, 6) is 0.860. The summed E-state index contributed by atoms with van der Waals surface area (Å²) in [7, 11) is 0. The van der Waals surface area contributed by atoms with E-state index >= 15 is 0 Å². The van der Waals surface area contributed by atoms with Crippen LogP contribution >= 0.6 is 22.9 Å². The molecule has 1 aromatic carbocycles. The molecule has 1 aromatic heterocycles. The van der Waals surface area contributed by atoms with Crippen LogP contribution in [0.3, 0.4) is 0 Å². The predicted molar refractivity (Wildman–Crippen MR) is 76.7 cm³/mol. The Bertz CT molecular complexity index is 500. The van der Waals surface area contributed by atoms with Crippen molar-refractivity contribution in [3.05, 3.63) is 40.4 Å². The van der Waals surface area contributed by atoms with Gasteiger partial charge in [0.15, 0.2) is 5.13 Å². The Morgan fingerprint density at radius 1 is 1.44 bits per heavy atom. The van der Waals surface area contributed by atoms with Crippen LogP contribution in [0.5, 0.6) is 5.75 Å². The summed E-state index contributed by atoms with van der Waals surface area (Å²) in [6.45, 7) is 4.66. The highest BCUT2D eigenvalue weighted by Gasteiger charge is 2.07. The Hall–Kier alpha value is -1.26. The predicted octanol–water partition coefficient (Wildman–Crippen LogP) is 4.20. The highest BCUT2D eigenvalue weighted by molar-refractivity contribution is 7.13. The molecule has 2 aromatic rings. The first kappa shape index (κ1) is 13.2. The molecule has 5 heteroatoms. The van der Waals surface area contributed by atoms with Crippen molar-refractivity contribution in [3.63, 3.8) is 0 Å². The summed E-state index contributed by atoms with van der Waals surface area (Å²) in [4.78, 5) is 4.18. The van der Waals surface area contributed by atoms with Crippen molar-refractivity contribution >= 4 is 28.1 Å². The van der Waals surface area contributed by atoms with Crippen molar-refractivity contribution in [1.29, 1.82) is 0 Å². The molecule has 0 aliphatic heterocycles. The molecule has 0 aliphatic carbocycles. The summed E-state index contributed by atoms with van der Waals surface area (Å²) in [5.41, 5.74) is 1.03. The van der Waals surface area contributed by atoms with Crippen molar-refractivity contribution in [1.82, 2.24) is 4.98 Å². The molecular formula is C13H15ClN2OS. The fourth-order valence-corrected chi connectivity index (χ4v) is 2.26. The number of hydrogen-bond donors (Lipinski definition) is 1. The SMILES string of the molecule is CC(C)Oc1ccc(Cl)cc1CNc1nccs1. The van der Waals surface area contributed by atoms with Crippen LogP contribution in [0.15, 0.2) is 29.8 Å². The van der Waals surface area contributed by atoms with Gasteiger partial charge in [0.05, 0.1) is 6.10 Å². The molecule has 0 unspecified atom stereocenters. The topological polar surface area (TPSA) is 34.1 Å². The Morgan fingerprint density at radius 3 is 2.94 bits per heavy atom. The first-order valence-electron chi connectivity index (χ1n) is 5.73. The van der Waals surface area contributed by atoms with Crippen LogP contribution in [0.4, 0.5) is 5.13 Å². The van der Waals surface area contributed by atoms with E-state index in [0.717, 1.165) is 16.4 Å². The number of ether oxygens (including phenoxy) is 1.